The molecule has 11 heteroatoms. The molecule has 6 aromatic rings. The van der Waals surface area contributed by atoms with E-state index < -0.39 is 0 Å². The van der Waals surface area contributed by atoms with Crippen LogP contribution in [0, 0.1) is 0 Å². The summed E-state index contributed by atoms with van der Waals surface area (Å²) < 4.78 is 0. The summed E-state index contributed by atoms with van der Waals surface area (Å²) in [5.41, 5.74) is 6.34. The van der Waals surface area contributed by atoms with Crippen LogP contribution in [0.2, 0.25) is 0 Å². The van der Waals surface area contributed by atoms with Crippen molar-refractivity contribution >= 4 is 50.8 Å². The second-order valence-corrected chi connectivity index (χ2v) is 9.50. The number of pyridine rings is 3. The number of H-pyrrole nitrogens is 2. The van der Waals surface area contributed by atoms with Crippen molar-refractivity contribution in [2.45, 2.75) is 20.3 Å². The quantitative estimate of drug-likeness (QED) is 0.261. The number of ketones is 1. The number of aromatic amines is 2. The summed E-state index contributed by atoms with van der Waals surface area (Å²) in [6.07, 6.45) is 7.14. The number of fused-ring (bicyclic) bond motifs is 2. The number of rotatable bonds is 6. The first-order valence-corrected chi connectivity index (χ1v) is 12.4. The Labute approximate surface area is 214 Å². The molecule has 0 saturated carbocycles. The fourth-order valence-corrected chi connectivity index (χ4v) is 4.93. The smallest absolute Gasteiger partial charge is 0.224 e. The molecular weight excluding hydrogens is 488 g/mol. The normalized spacial score (nSPS) is 11.3. The third-order valence-corrected chi connectivity index (χ3v) is 7.10. The minimum atomic E-state index is -0.0849. The zero-order valence-electron chi connectivity index (χ0n) is 19.9. The van der Waals surface area contributed by atoms with Crippen molar-refractivity contribution in [1.29, 1.82) is 0 Å². The number of nitrogens with one attached hydrogen (secondary N) is 3. The molecule has 1 amide bonds. The topological polar surface area (TPSA) is 142 Å². The van der Waals surface area contributed by atoms with E-state index >= 15 is 0 Å². The van der Waals surface area contributed by atoms with Gasteiger partial charge in [-0.25, -0.2) is 9.97 Å². The first kappa shape index (κ1) is 22.7. The highest BCUT2D eigenvalue weighted by molar-refractivity contribution is 7.17. The number of thiophene rings is 1. The zero-order chi connectivity index (χ0) is 25.5. The summed E-state index contributed by atoms with van der Waals surface area (Å²) in [5, 5.41) is 10.3. The van der Waals surface area contributed by atoms with E-state index in [-0.39, 0.29) is 11.7 Å². The van der Waals surface area contributed by atoms with Crippen LogP contribution in [0.1, 0.15) is 29.9 Å². The van der Waals surface area contributed by atoms with Crippen LogP contribution in [0.5, 0.6) is 0 Å². The molecule has 0 aliphatic carbocycles. The first-order valence-electron chi connectivity index (χ1n) is 11.6. The van der Waals surface area contributed by atoms with Gasteiger partial charge in [0.15, 0.2) is 17.3 Å². The van der Waals surface area contributed by atoms with Gasteiger partial charge in [-0.15, -0.1) is 11.3 Å². The van der Waals surface area contributed by atoms with E-state index in [2.05, 4.69) is 30.5 Å². The minimum Gasteiger partial charge on any atom is -0.335 e. The number of hydrogen-bond donors (Lipinski definition) is 3. The van der Waals surface area contributed by atoms with Gasteiger partial charge >= 0.3 is 0 Å². The van der Waals surface area contributed by atoms with E-state index in [1.54, 1.807) is 38.6 Å². The number of aromatic nitrogens is 7. The van der Waals surface area contributed by atoms with Gasteiger partial charge in [0, 0.05) is 34.8 Å². The van der Waals surface area contributed by atoms with E-state index in [4.69, 9.17) is 9.97 Å². The van der Waals surface area contributed by atoms with E-state index in [0.717, 1.165) is 32.6 Å². The molecule has 0 saturated heterocycles. The highest BCUT2D eigenvalue weighted by atomic mass is 32.1. The Hall–Kier alpha value is -4.77. The van der Waals surface area contributed by atoms with Gasteiger partial charge in [-0.05, 0) is 37.3 Å². The van der Waals surface area contributed by atoms with Crippen molar-refractivity contribution in [2.75, 3.05) is 5.32 Å². The minimum absolute atomic E-state index is 0.0254. The van der Waals surface area contributed by atoms with Crippen LogP contribution >= 0.6 is 11.3 Å². The van der Waals surface area contributed by atoms with Crippen molar-refractivity contribution in [1.82, 2.24) is 35.1 Å². The van der Waals surface area contributed by atoms with E-state index in [1.807, 2.05) is 30.3 Å². The number of imidazole rings is 1. The van der Waals surface area contributed by atoms with Crippen molar-refractivity contribution in [3.8, 4) is 33.2 Å². The lowest BCUT2D eigenvalue weighted by Crippen LogP contribution is -2.09. The number of anilines is 1. The molecule has 6 heterocycles. The van der Waals surface area contributed by atoms with Crippen molar-refractivity contribution in [2.24, 2.45) is 0 Å². The molecule has 0 fully saturated rings. The third kappa shape index (κ3) is 4.15. The van der Waals surface area contributed by atoms with Crippen LogP contribution in [-0.2, 0) is 4.79 Å². The van der Waals surface area contributed by atoms with Gasteiger partial charge in [0.25, 0.3) is 0 Å². The summed E-state index contributed by atoms with van der Waals surface area (Å²) >= 11 is 1.41. The number of carbonyl (C=O) groups is 2. The highest BCUT2D eigenvalue weighted by Gasteiger charge is 2.18. The van der Waals surface area contributed by atoms with Gasteiger partial charge in [0.2, 0.25) is 5.91 Å². The Balaban J connectivity index is 1.42. The molecular formula is C26H20N8O2S. The van der Waals surface area contributed by atoms with E-state index in [1.165, 1.54) is 11.3 Å². The summed E-state index contributed by atoms with van der Waals surface area (Å²) in [4.78, 5) is 46.8. The molecule has 3 N–H and O–H groups in total. The lowest BCUT2D eigenvalue weighted by atomic mass is 10.1. The maximum Gasteiger partial charge on any atom is 0.224 e. The van der Waals surface area contributed by atoms with Gasteiger partial charge in [0.05, 0.1) is 39.7 Å². The second-order valence-electron chi connectivity index (χ2n) is 8.42. The number of carbonyl (C=O) groups excluding carboxylic acids is 2. The number of amides is 1. The average molecular weight is 509 g/mol. The monoisotopic (exact) mass is 508 g/mol. The van der Waals surface area contributed by atoms with Crippen LogP contribution in [-0.4, -0.2) is 46.8 Å². The Morgan fingerprint density at radius 1 is 0.973 bits per heavy atom. The molecule has 6 aromatic heterocycles. The molecule has 0 aliphatic rings. The Kier molecular flexibility index (Phi) is 5.53. The maximum atomic E-state index is 11.8. The summed E-state index contributed by atoms with van der Waals surface area (Å²) in [6, 6.07) is 9.34. The number of hydrogen-bond acceptors (Lipinski definition) is 8. The largest absolute Gasteiger partial charge is 0.335 e. The molecule has 0 aromatic carbocycles. The van der Waals surface area contributed by atoms with Crippen LogP contribution in [0.3, 0.4) is 0 Å². The third-order valence-electron chi connectivity index (χ3n) is 5.88. The first-order chi connectivity index (χ1) is 18.0. The number of Topliss-reactive ketones (excluding diaryl/α,β-unsaturated/α-hetero) is 1. The molecule has 10 nitrogen and oxygen atoms in total. The molecule has 0 unspecified atom stereocenters. The van der Waals surface area contributed by atoms with E-state index in [0.29, 0.717) is 39.7 Å². The van der Waals surface area contributed by atoms with Gasteiger partial charge in [-0.1, -0.05) is 6.92 Å². The molecule has 0 atom stereocenters. The lowest BCUT2D eigenvalue weighted by Gasteiger charge is -2.06. The van der Waals surface area contributed by atoms with Crippen molar-refractivity contribution in [3.63, 3.8) is 0 Å². The molecule has 0 spiro atoms. The Morgan fingerprint density at radius 3 is 2.65 bits per heavy atom. The van der Waals surface area contributed by atoms with Gasteiger partial charge in [-0.2, -0.15) is 5.10 Å². The molecule has 6 rings (SSSR count). The average Bonchev–Trinajstić information content (AvgIpc) is 3.66. The fraction of sp³-hybridized carbons (Fsp3) is 0.115. The standard InChI is InChI=1S/C26H20N8O2S/c1-3-22(36)29-15-8-14(9-27-10-15)17-4-5-18-24(30-17)25(34-33-18)26-31-19-12-28-11-16(23(19)32-26)21-7-6-20(37-21)13(2)35/h4-12H,3H2,1-2H3,(H,29,36)(H,31,32)(H,33,34). The van der Waals surface area contributed by atoms with Crippen molar-refractivity contribution < 1.29 is 9.59 Å². The second kappa shape index (κ2) is 9.03. The van der Waals surface area contributed by atoms with Crippen LogP contribution in [0.15, 0.2) is 55.1 Å². The van der Waals surface area contributed by atoms with Crippen LogP contribution in [0.4, 0.5) is 5.69 Å². The molecule has 0 radical (unpaired) electrons. The highest BCUT2D eigenvalue weighted by Crippen LogP contribution is 2.34. The molecule has 0 aliphatic heterocycles. The lowest BCUT2D eigenvalue weighted by molar-refractivity contribution is -0.115. The van der Waals surface area contributed by atoms with Gasteiger partial charge in [-0.3, -0.25) is 24.7 Å². The predicted molar refractivity (Wildman–Crippen MR) is 142 cm³/mol. The molecule has 0 bridgehead atoms. The number of nitrogens with zero attached hydrogens (tertiary/aromatic N) is 5. The molecule has 182 valence electrons. The zero-order valence-corrected chi connectivity index (χ0v) is 20.7. The summed E-state index contributed by atoms with van der Waals surface area (Å²) in [6.45, 7) is 3.35. The Morgan fingerprint density at radius 2 is 1.84 bits per heavy atom. The summed E-state index contributed by atoms with van der Waals surface area (Å²) in [5.74, 6) is 0.487. The van der Waals surface area contributed by atoms with Crippen LogP contribution < -0.4 is 5.32 Å². The summed E-state index contributed by atoms with van der Waals surface area (Å²) in [7, 11) is 0. The SMILES string of the molecule is CCC(=O)Nc1cncc(-c2ccc3[nH]nc(-c4nc5c(-c6ccc(C(C)=O)s6)cncc5[nH]4)c3n2)c1. The molecule has 37 heavy (non-hydrogen) atoms. The van der Waals surface area contributed by atoms with Crippen molar-refractivity contribution in [3.05, 3.63) is 60.0 Å². The van der Waals surface area contributed by atoms with E-state index in [9.17, 15) is 9.59 Å². The predicted octanol–water partition coefficient (Wildman–Crippen LogP) is 5.24. The van der Waals surface area contributed by atoms with Crippen LogP contribution in [0.25, 0.3) is 55.3 Å². The van der Waals surface area contributed by atoms with Gasteiger partial charge in [0.1, 0.15) is 11.0 Å². The van der Waals surface area contributed by atoms with Gasteiger partial charge < -0.3 is 10.3 Å². The fourth-order valence-electron chi connectivity index (χ4n) is 4.02. The maximum absolute atomic E-state index is 11.8. The Bertz CT molecular complexity index is 1820.